The third-order valence-corrected chi connectivity index (χ3v) is 7.79. The summed E-state index contributed by atoms with van der Waals surface area (Å²) in [6, 6.07) is 6.59. The molecule has 2 fully saturated rings. The smallest absolute Gasteiger partial charge is 0.243 e. The highest BCUT2D eigenvalue weighted by molar-refractivity contribution is 7.89. The molecule has 1 aliphatic carbocycles. The van der Waals surface area contributed by atoms with Crippen molar-refractivity contribution < 1.29 is 13.2 Å². The number of nitrogens with one attached hydrogen (secondary N) is 1. The SMILES string of the molecule is CN1CCN(CC(=O)Nc2ccc(S(=O)(=O)N(C)C3CCCCC3)cc2)CC1. The maximum absolute atomic E-state index is 12.9. The lowest BCUT2D eigenvalue weighted by Gasteiger charge is -2.31. The fraction of sp³-hybridized carbons (Fsp3) is 0.650. The van der Waals surface area contributed by atoms with Gasteiger partial charge in [-0.25, -0.2) is 8.42 Å². The van der Waals surface area contributed by atoms with Crippen molar-refractivity contribution in [1.82, 2.24) is 14.1 Å². The third kappa shape index (κ3) is 5.31. The Bertz CT molecular complexity index is 752. The molecule has 8 heteroatoms. The summed E-state index contributed by atoms with van der Waals surface area (Å²) in [4.78, 5) is 16.9. The Labute approximate surface area is 168 Å². The first-order valence-corrected chi connectivity index (χ1v) is 11.6. The van der Waals surface area contributed by atoms with Gasteiger partial charge in [-0.05, 0) is 44.2 Å². The summed E-state index contributed by atoms with van der Waals surface area (Å²) in [6.45, 7) is 4.06. The van der Waals surface area contributed by atoms with E-state index in [1.807, 2.05) is 0 Å². The van der Waals surface area contributed by atoms with Crippen LogP contribution in [0.15, 0.2) is 29.2 Å². The van der Waals surface area contributed by atoms with E-state index in [0.29, 0.717) is 12.2 Å². The van der Waals surface area contributed by atoms with Crippen LogP contribution in [-0.2, 0) is 14.8 Å². The molecule has 1 aliphatic heterocycles. The molecule has 1 N–H and O–H groups in total. The molecule has 1 heterocycles. The quantitative estimate of drug-likeness (QED) is 0.777. The van der Waals surface area contributed by atoms with Crippen LogP contribution in [0, 0.1) is 0 Å². The van der Waals surface area contributed by atoms with Crippen LogP contribution in [0.3, 0.4) is 0 Å². The Balaban J connectivity index is 1.57. The lowest BCUT2D eigenvalue weighted by atomic mass is 9.96. The second kappa shape index (κ2) is 9.35. The zero-order valence-corrected chi connectivity index (χ0v) is 17.7. The summed E-state index contributed by atoms with van der Waals surface area (Å²) < 4.78 is 27.3. The molecule has 156 valence electrons. The number of hydrogen-bond donors (Lipinski definition) is 1. The highest BCUT2D eigenvalue weighted by atomic mass is 32.2. The second-order valence-corrected chi connectivity index (χ2v) is 9.96. The minimum absolute atomic E-state index is 0.0699. The molecule has 0 bridgehead atoms. The Morgan fingerprint density at radius 3 is 2.29 bits per heavy atom. The van der Waals surface area contributed by atoms with Crippen molar-refractivity contribution in [1.29, 1.82) is 0 Å². The molecule has 0 atom stereocenters. The van der Waals surface area contributed by atoms with Crippen molar-refractivity contribution in [2.24, 2.45) is 0 Å². The van der Waals surface area contributed by atoms with Gasteiger partial charge >= 0.3 is 0 Å². The lowest BCUT2D eigenvalue weighted by molar-refractivity contribution is -0.117. The molecule has 1 saturated heterocycles. The van der Waals surface area contributed by atoms with Crippen LogP contribution < -0.4 is 5.32 Å². The molecule has 7 nitrogen and oxygen atoms in total. The molecular weight excluding hydrogens is 376 g/mol. The largest absolute Gasteiger partial charge is 0.325 e. The second-order valence-electron chi connectivity index (χ2n) is 7.97. The Hall–Kier alpha value is -1.48. The van der Waals surface area contributed by atoms with Crippen LogP contribution >= 0.6 is 0 Å². The minimum Gasteiger partial charge on any atom is -0.325 e. The number of piperazine rings is 1. The van der Waals surface area contributed by atoms with Gasteiger partial charge in [-0.2, -0.15) is 4.31 Å². The summed E-state index contributed by atoms with van der Waals surface area (Å²) in [5, 5.41) is 2.87. The molecule has 1 aromatic rings. The summed E-state index contributed by atoms with van der Waals surface area (Å²) in [5.41, 5.74) is 0.624. The summed E-state index contributed by atoms with van der Waals surface area (Å²) in [7, 11) is 0.256. The van der Waals surface area contributed by atoms with E-state index in [-0.39, 0.29) is 16.8 Å². The lowest BCUT2D eigenvalue weighted by Crippen LogP contribution is -2.47. The minimum atomic E-state index is -3.50. The van der Waals surface area contributed by atoms with Crippen molar-refractivity contribution >= 4 is 21.6 Å². The standard InChI is InChI=1S/C20H32N4O3S/c1-22-12-14-24(15-13-22)16-20(25)21-17-8-10-19(11-9-17)28(26,27)23(2)18-6-4-3-5-7-18/h8-11,18H,3-7,12-16H2,1-2H3,(H,21,25). The summed E-state index contributed by atoms with van der Waals surface area (Å²) >= 11 is 0. The normalized spacial score (nSPS) is 20.4. The number of carbonyl (C=O) groups is 1. The monoisotopic (exact) mass is 408 g/mol. The number of amides is 1. The van der Waals surface area contributed by atoms with Crippen LogP contribution in [0.5, 0.6) is 0 Å². The highest BCUT2D eigenvalue weighted by Crippen LogP contribution is 2.27. The van der Waals surface area contributed by atoms with Crippen LogP contribution in [0.25, 0.3) is 0 Å². The number of likely N-dealkylation sites (N-methyl/N-ethyl adjacent to an activating group) is 1. The van der Waals surface area contributed by atoms with Gasteiger partial charge < -0.3 is 10.2 Å². The predicted octanol–water partition coefficient (Wildman–Crippen LogP) is 1.83. The molecule has 1 aromatic carbocycles. The van der Waals surface area contributed by atoms with Gasteiger partial charge in [0.15, 0.2) is 0 Å². The molecule has 1 saturated carbocycles. The van der Waals surface area contributed by atoms with Crippen molar-refractivity contribution in [3.8, 4) is 0 Å². The van der Waals surface area contributed by atoms with Crippen LogP contribution in [0.2, 0.25) is 0 Å². The first kappa shape index (κ1) is 21.2. The molecule has 0 unspecified atom stereocenters. The number of rotatable bonds is 6. The van der Waals surface area contributed by atoms with Gasteiger partial charge in [0.25, 0.3) is 0 Å². The average molecular weight is 409 g/mol. The van der Waals surface area contributed by atoms with Gasteiger partial charge in [0.2, 0.25) is 15.9 Å². The van der Waals surface area contributed by atoms with Gasteiger partial charge in [0.05, 0.1) is 11.4 Å². The van der Waals surface area contributed by atoms with Crippen molar-refractivity contribution in [3.63, 3.8) is 0 Å². The molecule has 0 radical (unpaired) electrons. The predicted molar refractivity (Wildman–Crippen MR) is 111 cm³/mol. The Morgan fingerprint density at radius 2 is 1.68 bits per heavy atom. The molecule has 1 amide bonds. The van der Waals surface area contributed by atoms with Gasteiger partial charge in [0, 0.05) is 45.0 Å². The Kier molecular flexibility index (Phi) is 7.09. The van der Waals surface area contributed by atoms with E-state index in [9.17, 15) is 13.2 Å². The maximum atomic E-state index is 12.9. The van der Waals surface area contributed by atoms with E-state index < -0.39 is 10.0 Å². The molecule has 2 aliphatic rings. The van der Waals surface area contributed by atoms with E-state index in [0.717, 1.165) is 51.9 Å². The molecule has 0 aromatic heterocycles. The fourth-order valence-electron chi connectivity index (χ4n) is 3.93. The summed E-state index contributed by atoms with van der Waals surface area (Å²) in [5.74, 6) is -0.0699. The topological polar surface area (TPSA) is 73.0 Å². The molecule has 3 rings (SSSR count). The third-order valence-electron chi connectivity index (χ3n) is 5.87. The van der Waals surface area contributed by atoms with Gasteiger partial charge in [-0.3, -0.25) is 9.69 Å². The number of anilines is 1. The first-order chi connectivity index (χ1) is 13.4. The van der Waals surface area contributed by atoms with Crippen molar-refractivity contribution in [3.05, 3.63) is 24.3 Å². The summed E-state index contributed by atoms with van der Waals surface area (Å²) in [6.07, 6.45) is 5.21. The van der Waals surface area contributed by atoms with Crippen molar-refractivity contribution in [2.45, 2.75) is 43.0 Å². The van der Waals surface area contributed by atoms with E-state index in [1.165, 1.54) is 10.7 Å². The Morgan fingerprint density at radius 1 is 1.07 bits per heavy atom. The van der Waals surface area contributed by atoms with E-state index in [2.05, 4.69) is 22.2 Å². The molecular formula is C20H32N4O3S. The zero-order chi connectivity index (χ0) is 20.1. The van der Waals surface area contributed by atoms with Gasteiger partial charge in [-0.15, -0.1) is 0 Å². The van der Waals surface area contributed by atoms with Crippen LogP contribution in [0.1, 0.15) is 32.1 Å². The zero-order valence-electron chi connectivity index (χ0n) is 16.9. The molecule has 0 spiro atoms. The number of sulfonamides is 1. The van der Waals surface area contributed by atoms with E-state index in [4.69, 9.17) is 0 Å². The number of nitrogens with zero attached hydrogens (tertiary/aromatic N) is 3. The van der Waals surface area contributed by atoms with Crippen LogP contribution in [-0.4, -0.2) is 81.3 Å². The maximum Gasteiger partial charge on any atom is 0.243 e. The van der Waals surface area contributed by atoms with Crippen molar-refractivity contribution in [2.75, 3.05) is 52.1 Å². The van der Waals surface area contributed by atoms with Crippen LogP contribution in [0.4, 0.5) is 5.69 Å². The molecule has 28 heavy (non-hydrogen) atoms. The van der Waals surface area contributed by atoms with E-state index >= 15 is 0 Å². The van der Waals surface area contributed by atoms with Gasteiger partial charge in [-0.1, -0.05) is 19.3 Å². The van der Waals surface area contributed by atoms with E-state index in [1.54, 1.807) is 31.3 Å². The fourth-order valence-corrected chi connectivity index (χ4v) is 5.34. The highest BCUT2D eigenvalue weighted by Gasteiger charge is 2.29. The van der Waals surface area contributed by atoms with Gasteiger partial charge in [0.1, 0.15) is 0 Å². The first-order valence-electron chi connectivity index (χ1n) is 10.1. The number of hydrogen-bond acceptors (Lipinski definition) is 5. The average Bonchev–Trinajstić information content (AvgIpc) is 2.70. The number of carbonyl (C=O) groups excluding carboxylic acids is 1. The number of benzene rings is 1.